The summed E-state index contributed by atoms with van der Waals surface area (Å²) in [5.74, 6) is 4.36. The van der Waals surface area contributed by atoms with Gasteiger partial charge in [0.1, 0.15) is 0 Å². The lowest BCUT2D eigenvalue weighted by Gasteiger charge is -2.03. The largest absolute Gasteiger partial charge is 0.462 e. The molecule has 0 heterocycles. The highest BCUT2D eigenvalue weighted by molar-refractivity contribution is 5.90. The van der Waals surface area contributed by atoms with Crippen LogP contribution < -0.4 is 5.73 Å². The van der Waals surface area contributed by atoms with Gasteiger partial charge in [0.25, 0.3) is 0 Å². The van der Waals surface area contributed by atoms with E-state index in [1.807, 2.05) is 0 Å². The first-order valence-electron chi connectivity index (χ1n) is 4.71. The van der Waals surface area contributed by atoms with Crippen LogP contribution in [0.1, 0.15) is 22.8 Å². The lowest BCUT2D eigenvalue weighted by atomic mass is 10.1. The van der Waals surface area contributed by atoms with Gasteiger partial charge in [-0.25, -0.2) is 4.79 Å². The fraction of sp³-hybridized carbons (Fsp3) is 0.167. The summed E-state index contributed by atoms with van der Waals surface area (Å²) < 4.78 is 4.83. The number of esters is 1. The molecule has 0 spiro atoms. The zero-order chi connectivity index (χ0) is 12.0. The van der Waals surface area contributed by atoms with Crippen molar-refractivity contribution in [3.05, 3.63) is 29.3 Å². The van der Waals surface area contributed by atoms with Gasteiger partial charge in [-0.15, -0.1) is 0 Å². The predicted octanol–water partition coefficient (Wildman–Crippen LogP) is 0.996. The van der Waals surface area contributed by atoms with Gasteiger partial charge in [0, 0.05) is 11.3 Å². The van der Waals surface area contributed by atoms with Gasteiger partial charge < -0.3 is 10.5 Å². The number of rotatable bonds is 2. The van der Waals surface area contributed by atoms with Crippen molar-refractivity contribution in [2.24, 2.45) is 0 Å². The molecule has 0 bridgehead atoms. The molecule has 0 aliphatic carbocycles. The fourth-order valence-corrected chi connectivity index (χ4v) is 1.11. The molecule has 1 rings (SSSR count). The van der Waals surface area contributed by atoms with Gasteiger partial charge in [0.15, 0.2) is 6.29 Å². The number of hydrogen-bond donors (Lipinski definition) is 1. The van der Waals surface area contributed by atoms with Crippen LogP contribution >= 0.6 is 0 Å². The first-order chi connectivity index (χ1) is 7.69. The summed E-state index contributed by atoms with van der Waals surface area (Å²) in [7, 11) is 0. The van der Waals surface area contributed by atoms with Gasteiger partial charge in [-0.1, -0.05) is 5.92 Å². The van der Waals surface area contributed by atoms with E-state index in [0.717, 1.165) is 0 Å². The molecule has 0 saturated heterocycles. The lowest BCUT2D eigenvalue weighted by molar-refractivity contribution is -0.103. The van der Waals surface area contributed by atoms with E-state index in [-0.39, 0.29) is 0 Å². The van der Waals surface area contributed by atoms with E-state index in [0.29, 0.717) is 29.7 Å². The molecule has 0 aromatic heterocycles. The minimum atomic E-state index is -0.434. The summed E-state index contributed by atoms with van der Waals surface area (Å²) in [6.45, 7) is 2.03. The topological polar surface area (TPSA) is 69.4 Å². The van der Waals surface area contributed by atoms with E-state index in [1.54, 1.807) is 19.1 Å². The van der Waals surface area contributed by atoms with Crippen LogP contribution in [0.2, 0.25) is 0 Å². The first kappa shape index (κ1) is 11.8. The highest BCUT2D eigenvalue weighted by Gasteiger charge is 2.07. The Hall–Kier alpha value is -2.28. The number of nitrogen functional groups attached to an aromatic ring is 1. The van der Waals surface area contributed by atoms with E-state index in [1.165, 1.54) is 6.07 Å². The lowest BCUT2D eigenvalue weighted by Crippen LogP contribution is -2.05. The van der Waals surface area contributed by atoms with Crippen molar-refractivity contribution < 1.29 is 14.3 Å². The second-order valence-electron chi connectivity index (χ2n) is 2.91. The van der Waals surface area contributed by atoms with E-state index in [2.05, 4.69) is 11.8 Å². The molecule has 0 atom stereocenters. The Morgan fingerprint density at radius 1 is 1.56 bits per heavy atom. The Bertz CT molecular complexity index is 469. The number of anilines is 1. The molecule has 0 amide bonds. The summed E-state index contributed by atoms with van der Waals surface area (Å²) in [5.41, 5.74) is 6.86. The average molecular weight is 217 g/mol. The molecular weight excluding hydrogens is 206 g/mol. The average Bonchev–Trinajstić information content (AvgIpc) is 2.28. The Morgan fingerprint density at radius 2 is 2.31 bits per heavy atom. The molecule has 1 aromatic rings. The number of carbonyl (C=O) groups is 2. The van der Waals surface area contributed by atoms with Crippen LogP contribution in [-0.2, 0) is 9.53 Å². The molecule has 82 valence electrons. The molecule has 4 nitrogen and oxygen atoms in total. The molecule has 0 unspecified atom stereocenters. The van der Waals surface area contributed by atoms with E-state index in [4.69, 9.17) is 10.5 Å². The van der Waals surface area contributed by atoms with Crippen LogP contribution in [0, 0.1) is 11.8 Å². The zero-order valence-corrected chi connectivity index (χ0v) is 8.82. The highest BCUT2D eigenvalue weighted by Crippen LogP contribution is 2.13. The van der Waals surface area contributed by atoms with Crippen molar-refractivity contribution in [2.75, 3.05) is 12.3 Å². The number of nitrogens with two attached hydrogens (primary N) is 1. The molecule has 4 heteroatoms. The van der Waals surface area contributed by atoms with Gasteiger partial charge in [0.05, 0.1) is 12.2 Å². The summed E-state index contributed by atoms with van der Waals surface area (Å²) >= 11 is 0. The third-order valence-corrected chi connectivity index (χ3v) is 1.83. The molecular formula is C12H11NO3. The molecule has 0 aliphatic rings. The Morgan fingerprint density at radius 3 is 2.94 bits per heavy atom. The minimum absolute atomic E-state index is 0.304. The van der Waals surface area contributed by atoms with Crippen molar-refractivity contribution >= 4 is 17.9 Å². The maximum Gasteiger partial charge on any atom is 0.338 e. The van der Waals surface area contributed by atoms with Crippen LogP contribution in [0.5, 0.6) is 0 Å². The second kappa shape index (κ2) is 5.56. The van der Waals surface area contributed by atoms with Crippen molar-refractivity contribution in [1.29, 1.82) is 0 Å². The quantitative estimate of drug-likeness (QED) is 0.347. The van der Waals surface area contributed by atoms with Crippen molar-refractivity contribution in [1.82, 2.24) is 0 Å². The molecule has 16 heavy (non-hydrogen) atoms. The van der Waals surface area contributed by atoms with Crippen LogP contribution in [0.3, 0.4) is 0 Å². The molecule has 0 fully saturated rings. The fourth-order valence-electron chi connectivity index (χ4n) is 1.11. The Labute approximate surface area is 93.4 Å². The van der Waals surface area contributed by atoms with Gasteiger partial charge in [-0.3, -0.25) is 4.79 Å². The van der Waals surface area contributed by atoms with Gasteiger partial charge in [-0.05, 0) is 31.0 Å². The SMILES string of the molecule is CCOC(=O)c1ccc(N)c(C#CC=O)c1. The number of aldehydes is 1. The van der Waals surface area contributed by atoms with Gasteiger partial charge >= 0.3 is 5.97 Å². The van der Waals surface area contributed by atoms with E-state index in [9.17, 15) is 9.59 Å². The van der Waals surface area contributed by atoms with Crippen LogP contribution in [0.4, 0.5) is 5.69 Å². The van der Waals surface area contributed by atoms with Crippen LogP contribution in [0.25, 0.3) is 0 Å². The Balaban J connectivity index is 3.06. The number of benzene rings is 1. The maximum absolute atomic E-state index is 11.4. The maximum atomic E-state index is 11.4. The molecule has 2 N–H and O–H groups in total. The van der Waals surface area contributed by atoms with E-state index < -0.39 is 5.97 Å². The van der Waals surface area contributed by atoms with Gasteiger partial charge in [-0.2, -0.15) is 0 Å². The molecule has 1 aromatic carbocycles. The second-order valence-corrected chi connectivity index (χ2v) is 2.91. The molecule has 0 saturated carbocycles. The molecule has 0 radical (unpaired) electrons. The normalized spacial score (nSPS) is 8.81. The van der Waals surface area contributed by atoms with E-state index >= 15 is 0 Å². The standard InChI is InChI=1S/C12H11NO3/c1-2-16-12(15)10-5-6-11(13)9(8-10)4-3-7-14/h5-8H,2,13H2,1H3. The molecule has 0 aliphatic heterocycles. The number of ether oxygens (including phenoxy) is 1. The summed E-state index contributed by atoms with van der Waals surface area (Å²) in [6, 6.07) is 4.62. The van der Waals surface area contributed by atoms with Crippen molar-refractivity contribution in [2.45, 2.75) is 6.92 Å². The van der Waals surface area contributed by atoms with Crippen molar-refractivity contribution in [3.8, 4) is 11.8 Å². The smallest absolute Gasteiger partial charge is 0.338 e. The summed E-state index contributed by atoms with van der Waals surface area (Å²) in [5, 5.41) is 0. The predicted molar refractivity (Wildman–Crippen MR) is 59.8 cm³/mol. The monoisotopic (exact) mass is 217 g/mol. The third kappa shape index (κ3) is 2.85. The van der Waals surface area contributed by atoms with Crippen molar-refractivity contribution in [3.63, 3.8) is 0 Å². The van der Waals surface area contributed by atoms with Crippen LogP contribution in [0.15, 0.2) is 18.2 Å². The highest BCUT2D eigenvalue weighted by atomic mass is 16.5. The Kier molecular flexibility index (Phi) is 4.10. The third-order valence-electron chi connectivity index (χ3n) is 1.83. The van der Waals surface area contributed by atoms with Gasteiger partial charge in [0.2, 0.25) is 0 Å². The first-order valence-corrected chi connectivity index (χ1v) is 4.71. The zero-order valence-electron chi connectivity index (χ0n) is 8.82. The number of carbonyl (C=O) groups excluding carboxylic acids is 2. The minimum Gasteiger partial charge on any atom is -0.462 e. The number of hydrogen-bond acceptors (Lipinski definition) is 4. The summed E-state index contributed by atoms with van der Waals surface area (Å²) in [4.78, 5) is 21.5. The summed E-state index contributed by atoms with van der Waals surface area (Å²) in [6.07, 6.45) is 0.469. The van der Waals surface area contributed by atoms with Crippen LogP contribution in [-0.4, -0.2) is 18.9 Å².